The van der Waals surface area contributed by atoms with Gasteiger partial charge in [0.2, 0.25) is 5.95 Å². The first-order valence-corrected chi connectivity index (χ1v) is 9.10. The standard InChI is InChI=1S/C20H26N4O/c1-14-13-18(19(25)23-17-11-7-4-8-12-17)24-20(21-14)22-15(2)16-9-5-3-6-10-16/h3,5-6,9-10,13,15,17H,4,7-8,11-12H2,1-2H3,(H,23,25)(H,21,22,24). The zero-order valence-electron chi connectivity index (χ0n) is 15.0. The Balaban J connectivity index is 1.70. The Labute approximate surface area is 149 Å². The lowest BCUT2D eigenvalue weighted by atomic mass is 9.95. The monoisotopic (exact) mass is 338 g/mol. The van der Waals surface area contributed by atoms with Crippen LogP contribution in [0.25, 0.3) is 0 Å². The smallest absolute Gasteiger partial charge is 0.270 e. The number of nitrogens with zero attached hydrogens (tertiary/aromatic N) is 2. The molecule has 5 nitrogen and oxygen atoms in total. The van der Waals surface area contributed by atoms with E-state index in [1.807, 2.05) is 25.1 Å². The van der Waals surface area contributed by atoms with Crippen LogP contribution >= 0.6 is 0 Å². The van der Waals surface area contributed by atoms with Crippen LogP contribution in [0, 0.1) is 6.92 Å². The molecule has 0 aliphatic heterocycles. The van der Waals surface area contributed by atoms with Crippen LogP contribution in [0.2, 0.25) is 0 Å². The lowest BCUT2D eigenvalue weighted by Gasteiger charge is -2.22. The van der Waals surface area contributed by atoms with E-state index >= 15 is 0 Å². The maximum Gasteiger partial charge on any atom is 0.270 e. The van der Waals surface area contributed by atoms with E-state index in [0.29, 0.717) is 11.6 Å². The van der Waals surface area contributed by atoms with Crippen molar-refractivity contribution in [1.82, 2.24) is 15.3 Å². The van der Waals surface area contributed by atoms with Gasteiger partial charge < -0.3 is 10.6 Å². The maximum absolute atomic E-state index is 12.5. The zero-order valence-corrected chi connectivity index (χ0v) is 15.0. The average molecular weight is 338 g/mol. The molecule has 1 fully saturated rings. The van der Waals surface area contributed by atoms with Crippen LogP contribution in [0.5, 0.6) is 0 Å². The Morgan fingerprint density at radius 3 is 2.56 bits per heavy atom. The third kappa shape index (κ3) is 4.78. The van der Waals surface area contributed by atoms with E-state index in [-0.39, 0.29) is 18.0 Å². The molecule has 2 N–H and O–H groups in total. The highest BCUT2D eigenvalue weighted by Gasteiger charge is 2.18. The van der Waals surface area contributed by atoms with Crippen molar-refractivity contribution < 1.29 is 4.79 Å². The van der Waals surface area contributed by atoms with E-state index in [0.717, 1.165) is 24.1 Å². The Hall–Kier alpha value is -2.43. The number of hydrogen-bond acceptors (Lipinski definition) is 4. The van der Waals surface area contributed by atoms with Gasteiger partial charge in [0.15, 0.2) is 0 Å². The molecule has 3 rings (SSSR count). The van der Waals surface area contributed by atoms with Crippen molar-refractivity contribution >= 4 is 11.9 Å². The molecule has 132 valence electrons. The fourth-order valence-corrected chi connectivity index (χ4v) is 3.27. The fourth-order valence-electron chi connectivity index (χ4n) is 3.27. The molecule has 1 aliphatic carbocycles. The van der Waals surface area contributed by atoms with Crippen LogP contribution in [-0.4, -0.2) is 21.9 Å². The maximum atomic E-state index is 12.5. The van der Waals surface area contributed by atoms with Crippen molar-refractivity contribution in [3.05, 3.63) is 53.3 Å². The molecule has 0 bridgehead atoms. The Morgan fingerprint density at radius 1 is 1.12 bits per heavy atom. The van der Waals surface area contributed by atoms with Crippen LogP contribution in [0.1, 0.15) is 66.8 Å². The van der Waals surface area contributed by atoms with Gasteiger partial charge in [-0.25, -0.2) is 9.97 Å². The van der Waals surface area contributed by atoms with Gasteiger partial charge in [-0.3, -0.25) is 4.79 Å². The largest absolute Gasteiger partial charge is 0.348 e. The SMILES string of the molecule is Cc1cc(C(=O)NC2CCCCC2)nc(NC(C)c2ccccc2)n1. The molecule has 0 radical (unpaired) electrons. The molecular weight excluding hydrogens is 312 g/mol. The summed E-state index contributed by atoms with van der Waals surface area (Å²) >= 11 is 0. The van der Waals surface area contributed by atoms with Gasteiger partial charge in [0.05, 0.1) is 6.04 Å². The number of nitrogens with one attached hydrogen (secondary N) is 2. The topological polar surface area (TPSA) is 66.9 Å². The lowest BCUT2D eigenvalue weighted by molar-refractivity contribution is 0.0922. The number of anilines is 1. The molecule has 1 aliphatic rings. The lowest BCUT2D eigenvalue weighted by Crippen LogP contribution is -2.36. The Bertz CT molecular complexity index is 711. The fraction of sp³-hybridized carbons (Fsp3) is 0.450. The summed E-state index contributed by atoms with van der Waals surface area (Å²) < 4.78 is 0. The number of aryl methyl sites for hydroxylation is 1. The van der Waals surface area contributed by atoms with Crippen LogP contribution in [0.4, 0.5) is 5.95 Å². The van der Waals surface area contributed by atoms with Crippen molar-refractivity contribution in [3.8, 4) is 0 Å². The molecule has 1 atom stereocenters. The first kappa shape index (κ1) is 17.4. The predicted octanol–water partition coefficient (Wildman–Crippen LogP) is 4.02. The van der Waals surface area contributed by atoms with Crippen molar-refractivity contribution in [3.63, 3.8) is 0 Å². The van der Waals surface area contributed by atoms with Gasteiger partial charge in [0, 0.05) is 11.7 Å². The molecule has 1 aromatic heterocycles. The average Bonchev–Trinajstić information content (AvgIpc) is 2.63. The summed E-state index contributed by atoms with van der Waals surface area (Å²) in [5.74, 6) is 0.387. The molecule has 25 heavy (non-hydrogen) atoms. The van der Waals surface area contributed by atoms with Crippen molar-refractivity contribution in [2.45, 2.75) is 58.0 Å². The number of amides is 1. The Morgan fingerprint density at radius 2 is 1.84 bits per heavy atom. The van der Waals surface area contributed by atoms with Gasteiger partial charge in [-0.1, -0.05) is 49.6 Å². The quantitative estimate of drug-likeness (QED) is 0.864. The van der Waals surface area contributed by atoms with Gasteiger partial charge in [-0.15, -0.1) is 0 Å². The Kier molecular flexibility index (Phi) is 5.64. The molecule has 1 aromatic carbocycles. The zero-order chi connectivity index (χ0) is 17.6. The molecule has 0 spiro atoms. The van der Waals surface area contributed by atoms with Gasteiger partial charge in [0.25, 0.3) is 5.91 Å². The normalized spacial score (nSPS) is 16.2. The summed E-state index contributed by atoms with van der Waals surface area (Å²) in [6, 6.07) is 12.2. The van der Waals surface area contributed by atoms with Gasteiger partial charge in [-0.2, -0.15) is 0 Å². The van der Waals surface area contributed by atoms with Crippen LogP contribution in [-0.2, 0) is 0 Å². The van der Waals surface area contributed by atoms with E-state index in [1.165, 1.54) is 19.3 Å². The molecular formula is C20H26N4O. The predicted molar refractivity (Wildman–Crippen MR) is 99.6 cm³/mol. The summed E-state index contributed by atoms with van der Waals surface area (Å²) in [4.78, 5) is 21.4. The summed E-state index contributed by atoms with van der Waals surface area (Å²) in [6.45, 7) is 3.94. The molecule has 5 heteroatoms. The van der Waals surface area contributed by atoms with Crippen LogP contribution in [0.3, 0.4) is 0 Å². The first-order valence-electron chi connectivity index (χ1n) is 9.10. The van der Waals surface area contributed by atoms with Gasteiger partial charge in [-0.05, 0) is 38.3 Å². The minimum Gasteiger partial charge on any atom is -0.348 e. The van der Waals surface area contributed by atoms with Crippen LogP contribution < -0.4 is 10.6 Å². The van der Waals surface area contributed by atoms with E-state index in [1.54, 1.807) is 6.07 Å². The molecule has 1 heterocycles. The van der Waals surface area contributed by atoms with E-state index < -0.39 is 0 Å². The van der Waals surface area contributed by atoms with Gasteiger partial charge in [0.1, 0.15) is 5.69 Å². The molecule has 2 aromatic rings. The summed E-state index contributed by atoms with van der Waals surface area (Å²) in [7, 11) is 0. The third-order valence-electron chi connectivity index (χ3n) is 4.67. The first-order chi connectivity index (χ1) is 12.1. The van der Waals surface area contributed by atoms with Crippen molar-refractivity contribution in [2.75, 3.05) is 5.32 Å². The van der Waals surface area contributed by atoms with Gasteiger partial charge >= 0.3 is 0 Å². The second-order valence-electron chi connectivity index (χ2n) is 6.80. The second-order valence-corrected chi connectivity index (χ2v) is 6.80. The number of rotatable bonds is 5. The van der Waals surface area contributed by atoms with Crippen LogP contribution in [0.15, 0.2) is 36.4 Å². The number of carbonyl (C=O) groups excluding carboxylic acids is 1. The molecule has 1 unspecified atom stereocenters. The number of hydrogen-bond donors (Lipinski definition) is 2. The minimum absolute atomic E-state index is 0.0669. The molecule has 0 saturated heterocycles. The summed E-state index contributed by atoms with van der Waals surface area (Å²) in [5, 5.41) is 6.41. The van der Waals surface area contributed by atoms with Crippen molar-refractivity contribution in [1.29, 1.82) is 0 Å². The summed E-state index contributed by atoms with van der Waals surface area (Å²) in [6.07, 6.45) is 5.77. The van der Waals surface area contributed by atoms with E-state index in [4.69, 9.17) is 0 Å². The third-order valence-corrected chi connectivity index (χ3v) is 4.67. The number of benzene rings is 1. The number of aromatic nitrogens is 2. The van der Waals surface area contributed by atoms with Crippen molar-refractivity contribution in [2.24, 2.45) is 0 Å². The summed E-state index contributed by atoms with van der Waals surface area (Å²) in [5.41, 5.74) is 2.37. The highest BCUT2D eigenvalue weighted by molar-refractivity contribution is 5.92. The minimum atomic E-state index is -0.104. The highest BCUT2D eigenvalue weighted by atomic mass is 16.1. The highest BCUT2D eigenvalue weighted by Crippen LogP contribution is 2.19. The molecule has 1 amide bonds. The molecule has 1 saturated carbocycles. The van der Waals surface area contributed by atoms with E-state index in [2.05, 4.69) is 39.7 Å². The van der Waals surface area contributed by atoms with E-state index in [9.17, 15) is 4.79 Å². The number of carbonyl (C=O) groups is 1. The second kappa shape index (κ2) is 8.10.